The van der Waals surface area contributed by atoms with E-state index in [0.29, 0.717) is 18.3 Å². The maximum absolute atomic E-state index is 12.2. The number of carbonyl (C=O) groups is 1. The number of rotatable bonds is 4. The van der Waals surface area contributed by atoms with E-state index in [1.807, 2.05) is 24.3 Å². The lowest BCUT2D eigenvalue weighted by atomic mass is 10.1. The number of benzene rings is 1. The summed E-state index contributed by atoms with van der Waals surface area (Å²) >= 11 is 0. The Kier molecular flexibility index (Phi) is 3.34. The molecule has 2 aliphatic rings. The summed E-state index contributed by atoms with van der Waals surface area (Å²) in [5.74, 6) is 1.15. The van der Waals surface area contributed by atoms with Gasteiger partial charge in [0.25, 0.3) is 0 Å². The molecular weight excluding hydrogens is 282 g/mol. The quantitative estimate of drug-likeness (QED) is 0.874. The predicted molar refractivity (Wildman–Crippen MR) is 77.8 cm³/mol. The number of tetrazole rings is 1. The van der Waals surface area contributed by atoms with Gasteiger partial charge in [-0.2, -0.15) is 5.21 Å². The molecule has 114 valence electrons. The van der Waals surface area contributed by atoms with Crippen LogP contribution in [0.3, 0.4) is 0 Å². The number of aromatic nitrogens is 4. The van der Waals surface area contributed by atoms with Gasteiger partial charge in [0.1, 0.15) is 0 Å². The molecule has 1 saturated heterocycles. The van der Waals surface area contributed by atoms with E-state index in [-0.39, 0.29) is 17.9 Å². The highest BCUT2D eigenvalue weighted by Gasteiger charge is 2.44. The Labute approximate surface area is 127 Å². The van der Waals surface area contributed by atoms with Crippen LogP contribution in [-0.4, -0.2) is 45.8 Å². The normalized spacial score (nSPS) is 26.8. The average Bonchev–Trinajstić information content (AvgIpc) is 2.93. The summed E-state index contributed by atoms with van der Waals surface area (Å²) in [5.41, 5.74) is 2.11. The highest BCUT2D eigenvalue weighted by molar-refractivity contribution is 5.83. The number of ether oxygens (including phenoxy) is 1. The molecule has 2 heterocycles. The number of aromatic amines is 1. The van der Waals surface area contributed by atoms with E-state index in [1.54, 1.807) is 0 Å². The Bertz CT molecular complexity index is 649. The van der Waals surface area contributed by atoms with Crippen molar-refractivity contribution in [2.75, 3.05) is 13.2 Å². The van der Waals surface area contributed by atoms with E-state index in [9.17, 15) is 4.79 Å². The van der Waals surface area contributed by atoms with Crippen LogP contribution < -0.4 is 5.32 Å². The van der Waals surface area contributed by atoms with Crippen molar-refractivity contribution in [1.29, 1.82) is 0 Å². The van der Waals surface area contributed by atoms with Crippen molar-refractivity contribution in [2.24, 2.45) is 5.92 Å². The lowest BCUT2D eigenvalue weighted by Gasteiger charge is -2.10. The van der Waals surface area contributed by atoms with Crippen LogP contribution in [-0.2, 0) is 9.53 Å². The first-order valence-electron chi connectivity index (χ1n) is 7.53. The Morgan fingerprint density at radius 1 is 1.32 bits per heavy atom. The van der Waals surface area contributed by atoms with Gasteiger partial charge in [-0.15, -0.1) is 10.2 Å². The molecule has 1 aliphatic carbocycles. The Hall–Kier alpha value is -2.28. The molecule has 1 saturated carbocycles. The zero-order valence-electron chi connectivity index (χ0n) is 12.0. The molecule has 0 radical (unpaired) electrons. The number of nitrogens with zero attached hydrogens (tertiary/aromatic N) is 3. The van der Waals surface area contributed by atoms with E-state index in [0.717, 1.165) is 25.0 Å². The fraction of sp³-hybridized carbons (Fsp3) is 0.467. The van der Waals surface area contributed by atoms with Crippen LogP contribution in [0.1, 0.15) is 24.3 Å². The molecule has 4 rings (SSSR count). The Morgan fingerprint density at radius 3 is 2.86 bits per heavy atom. The first-order chi connectivity index (χ1) is 10.8. The number of nitrogens with one attached hydrogen (secondary N) is 2. The van der Waals surface area contributed by atoms with Gasteiger partial charge in [0.2, 0.25) is 11.7 Å². The third-order valence-electron chi connectivity index (χ3n) is 4.35. The van der Waals surface area contributed by atoms with Gasteiger partial charge in [-0.05, 0) is 29.5 Å². The minimum absolute atomic E-state index is 0.0941. The highest BCUT2D eigenvalue weighted by atomic mass is 16.5. The van der Waals surface area contributed by atoms with Gasteiger partial charge in [0, 0.05) is 18.1 Å². The van der Waals surface area contributed by atoms with E-state index < -0.39 is 0 Å². The topological polar surface area (TPSA) is 92.8 Å². The molecule has 22 heavy (non-hydrogen) atoms. The van der Waals surface area contributed by atoms with Gasteiger partial charge < -0.3 is 10.1 Å². The molecule has 1 aliphatic heterocycles. The van der Waals surface area contributed by atoms with Crippen LogP contribution >= 0.6 is 0 Å². The van der Waals surface area contributed by atoms with E-state index in [1.165, 1.54) is 5.56 Å². The molecule has 3 atom stereocenters. The Morgan fingerprint density at radius 2 is 2.18 bits per heavy atom. The smallest absolute Gasteiger partial charge is 0.224 e. The summed E-state index contributed by atoms with van der Waals surface area (Å²) in [7, 11) is 0. The first-order valence-corrected chi connectivity index (χ1v) is 7.53. The molecule has 0 bridgehead atoms. The van der Waals surface area contributed by atoms with Crippen LogP contribution in [0.4, 0.5) is 0 Å². The first kappa shape index (κ1) is 13.4. The van der Waals surface area contributed by atoms with Crippen molar-refractivity contribution in [3.8, 4) is 11.4 Å². The van der Waals surface area contributed by atoms with Crippen molar-refractivity contribution >= 4 is 5.91 Å². The van der Waals surface area contributed by atoms with Gasteiger partial charge in [0.05, 0.1) is 12.6 Å². The van der Waals surface area contributed by atoms with Crippen LogP contribution in [0.5, 0.6) is 0 Å². The van der Waals surface area contributed by atoms with E-state index >= 15 is 0 Å². The fourth-order valence-corrected chi connectivity index (χ4v) is 2.97. The molecule has 2 N–H and O–H groups in total. The Balaban J connectivity index is 1.38. The van der Waals surface area contributed by atoms with Crippen LogP contribution in [0.25, 0.3) is 11.4 Å². The average molecular weight is 299 g/mol. The molecule has 1 aromatic carbocycles. The maximum Gasteiger partial charge on any atom is 0.224 e. The number of amides is 1. The van der Waals surface area contributed by atoms with Crippen molar-refractivity contribution in [2.45, 2.75) is 24.8 Å². The lowest BCUT2D eigenvalue weighted by molar-refractivity contribution is -0.123. The monoisotopic (exact) mass is 299 g/mol. The van der Waals surface area contributed by atoms with Gasteiger partial charge in [-0.25, -0.2) is 0 Å². The fourth-order valence-electron chi connectivity index (χ4n) is 2.97. The lowest BCUT2D eigenvalue weighted by Crippen LogP contribution is -2.36. The molecule has 1 amide bonds. The van der Waals surface area contributed by atoms with E-state index in [2.05, 4.69) is 25.9 Å². The largest absolute Gasteiger partial charge is 0.379 e. The second-order valence-electron chi connectivity index (χ2n) is 5.88. The number of hydrogen-bond donors (Lipinski definition) is 2. The molecule has 7 nitrogen and oxygen atoms in total. The van der Waals surface area contributed by atoms with Crippen LogP contribution in [0, 0.1) is 5.92 Å². The van der Waals surface area contributed by atoms with Crippen molar-refractivity contribution in [3.05, 3.63) is 29.8 Å². The maximum atomic E-state index is 12.2. The molecule has 1 aromatic heterocycles. The van der Waals surface area contributed by atoms with Gasteiger partial charge in [0.15, 0.2) is 0 Å². The van der Waals surface area contributed by atoms with Crippen molar-refractivity contribution < 1.29 is 9.53 Å². The van der Waals surface area contributed by atoms with Gasteiger partial charge in [-0.1, -0.05) is 24.3 Å². The summed E-state index contributed by atoms with van der Waals surface area (Å²) in [6.07, 6.45) is 1.84. The van der Waals surface area contributed by atoms with Crippen molar-refractivity contribution in [1.82, 2.24) is 25.9 Å². The minimum atomic E-state index is 0.0941. The number of hydrogen-bond acceptors (Lipinski definition) is 5. The molecule has 0 unspecified atom stereocenters. The van der Waals surface area contributed by atoms with Gasteiger partial charge in [-0.3, -0.25) is 4.79 Å². The summed E-state index contributed by atoms with van der Waals surface area (Å²) in [4.78, 5) is 12.2. The highest BCUT2D eigenvalue weighted by Crippen LogP contribution is 2.47. The summed E-state index contributed by atoms with van der Waals surface area (Å²) in [6.45, 7) is 1.39. The van der Waals surface area contributed by atoms with Gasteiger partial charge >= 0.3 is 0 Å². The molecular formula is C15H17N5O2. The molecule has 7 heteroatoms. The number of carbonyl (C=O) groups excluding carboxylic acids is 1. The second-order valence-corrected chi connectivity index (χ2v) is 5.88. The zero-order chi connectivity index (χ0) is 14.9. The number of H-pyrrole nitrogens is 1. The summed E-state index contributed by atoms with van der Waals surface area (Å²) < 4.78 is 5.28. The molecule has 0 spiro atoms. The van der Waals surface area contributed by atoms with Crippen molar-refractivity contribution in [3.63, 3.8) is 0 Å². The summed E-state index contributed by atoms with van der Waals surface area (Å²) in [5, 5.41) is 17.0. The minimum Gasteiger partial charge on any atom is -0.379 e. The van der Waals surface area contributed by atoms with Crippen LogP contribution in [0.2, 0.25) is 0 Å². The standard InChI is InChI=1S/C15H17N5O2/c21-15(16-11-5-6-22-8-11)13-7-12(13)9-1-3-10(4-2-9)14-17-19-20-18-14/h1-4,11-13H,5-8H2,(H,16,21)(H,17,18,19,20)/t11-,12+,13-/m1/s1. The molecule has 2 aromatic rings. The predicted octanol–water partition coefficient (Wildman–Crippen LogP) is 0.875. The SMILES string of the molecule is O=C(N[C@@H]1CCOC1)[C@@H]1C[C@H]1c1ccc(-c2nn[nH]n2)cc1. The third-order valence-corrected chi connectivity index (χ3v) is 4.35. The van der Waals surface area contributed by atoms with Crippen LogP contribution in [0.15, 0.2) is 24.3 Å². The van der Waals surface area contributed by atoms with E-state index in [4.69, 9.17) is 4.74 Å². The third kappa shape index (κ3) is 2.59. The summed E-state index contributed by atoms with van der Waals surface area (Å²) in [6, 6.07) is 8.22. The second kappa shape index (κ2) is 5.49. The molecule has 2 fully saturated rings. The zero-order valence-corrected chi connectivity index (χ0v) is 12.0.